The fraction of sp³-hybridized carbons (Fsp3) is 0.714. The molecule has 5 nitrogen and oxygen atoms in total. The summed E-state index contributed by atoms with van der Waals surface area (Å²) in [4.78, 5) is 15.3. The van der Waals surface area contributed by atoms with Crippen molar-refractivity contribution in [2.75, 3.05) is 6.54 Å². The maximum atomic E-state index is 13.1. The number of hydrogen-bond donors (Lipinski definition) is 1. The molecule has 0 aromatic carbocycles. The lowest BCUT2D eigenvalue weighted by Crippen LogP contribution is -2.37. The van der Waals surface area contributed by atoms with E-state index in [0.29, 0.717) is 5.69 Å². The Morgan fingerprint density at radius 3 is 2.55 bits per heavy atom. The lowest BCUT2D eigenvalue weighted by atomic mass is 10.2. The monoisotopic (exact) mass is 319 g/mol. The van der Waals surface area contributed by atoms with Gasteiger partial charge in [-0.3, -0.25) is 0 Å². The number of imidazole rings is 1. The van der Waals surface area contributed by atoms with Crippen LogP contribution < -0.4 is 5.32 Å². The van der Waals surface area contributed by atoms with Crippen LogP contribution in [0.15, 0.2) is 12.5 Å². The Morgan fingerprint density at radius 2 is 2.05 bits per heavy atom. The van der Waals surface area contributed by atoms with E-state index in [0.717, 1.165) is 0 Å². The smallest absolute Gasteiger partial charge is 0.411 e. The van der Waals surface area contributed by atoms with Crippen LogP contribution in [-0.2, 0) is 16.7 Å². The van der Waals surface area contributed by atoms with Gasteiger partial charge in [-0.15, -0.1) is 0 Å². The summed E-state index contributed by atoms with van der Waals surface area (Å²) >= 11 is 0. The molecule has 2 rings (SSSR count). The Morgan fingerprint density at radius 1 is 1.41 bits per heavy atom. The normalized spacial score (nSPS) is 17.2. The molecule has 0 aliphatic heterocycles. The van der Waals surface area contributed by atoms with E-state index >= 15 is 0 Å². The second-order valence-electron chi connectivity index (χ2n) is 6.46. The van der Waals surface area contributed by atoms with Crippen LogP contribution in [0.25, 0.3) is 0 Å². The van der Waals surface area contributed by atoms with Gasteiger partial charge in [-0.05, 0) is 33.6 Å². The number of amides is 1. The molecule has 0 unspecified atom stereocenters. The minimum Gasteiger partial charge on any atom is -0.444 e. The molecule has 1 amide bonds. The molecule has 1 aliphatic rings. The molecule has 0 radical (unpaired) electrons. The molecule has 0 saturated heterocycles. The van der Waals surface area contributed by atoms with Crippen LogP contribution in [0.4, 0.5) is 18.0 Å². The Balaban J connectivity index is 1.94. The molecular weight excluding hydrogens is 299 g/mol. The summed E-state index contributed by atoms with van der Waals surface area (Å²) in [5, 5.41) is 2.53. The summed E-state index contributed by atoms with van der Waals surface area (Å²) in [5.74, 6) is 0. The number of carbonyl (C=O) groups excluding carboxylic acids is 1. The third kappa shape index (κ3) is 3.53. The first-order chi connectivity index (χ1) is 10.1. The van der Waals surface area contributed by atoms with Crippen LogP contribution in [-0.4, -0.2) is 34.0 Å². The van der Waals surface area contributed by atoms with E-state index in [1.165, 1.54) is 17.1 Å². The first-order valence-electron chi connectivity index (χ1n) is 7.10. The number of aromatic nitrogens is 2. The SMILES string of the molecule is CC(C)(C)OC(=O)NCCc1cncn1C1(C(F)(F)F)CC1. The average molecular weight is 319 g/mol. The molecule has 8 heteroatoms. The van der Waals surface area contributed by atoms with Crippen molar-refractivity contribution >= 4 is 6.09 Å². The molecule has 0 atom stereocenters. The van der Waals surface area contributed by atoms with Crippen molar-refractivity contribution in [3.63, 3.8) is 0 Å². The number of alkyl halides is 3. The first-order valence-corrected chi connectivity index (χ1v) is 7.10. The van der Waals surface area contributed by atoms with Crippen LogP contribution in [0.1, 0.15) is 39.3 Å². The van der Waals surface area contributed by atoms with Crippen LogP contribution in [0, 0.1) is 0 Å². The lowest BCUT2D eigenvalue weighted by Gasteiger charge is -2.23. The Bertz CT molecular complexity index is 542. The number of halogens is 3. The first kappa shape index (κ1) is 16.6. The van der Waals surface area contributed by atoms with E-state index < -0.39 is 23.4 Å². The van der Waals surface area contributed by atoms with Gasteiger partial charge in [-0.1, -0.05) is 0 Å². The van der Waals surface area contributed by atoms with E-state index in [2.05, 4.69) is 10.3 Å². The summed E-state index contributed by atoms with van der Waals surface area (Å²) in [6, 6.07) is 0. The third-order valence-corrected chi connectivity index (χ3v) is 3.48. The number of alkyl carbamates (subject to hydrolysis) is 1. The van der Waals surface area contributed by atoms with Gasteiger partial charge in [-0.25, -0.2) is 9.78 Å². The standard InChI is InChI=1S/C14H20F3N3O2/c1-12(2,3)22-11(21)19-7-4-10-8-18-9-20(10)13(5-6-13)14(15,16)17/h8-9H,4-7H2,1-3H3,(H,19,21). The molecule has 1 aromatic rings. The summed E-state index contributed by atoms with van der Waals surface area (Å²) in [6.45, 7) is 5.40. The zero-order valence-electron chi connectivity index (χ0n) is 12.8. The highest BCUT2D eigenvalue weighted by Gasteiger charge is 2.65. The average Bonchev–Trinajstić information content (AvgIpc) is 3.02. The van der Waals surface area contributed by atoms with Crippen molar-refractivity contribution in [3.8, 4) is 0 Å². The Kier molecular flexibility index (Phi) is 4.14. The molecule has 1 N–H and O–H groups in total. The largest absolute Gasteiger partial charge is 0.444 e. The van der Waals surface area contributed by atoms with Gasteiger partial charge in [0.1, 0.15) is 11.1 Å². The number of ether oxygens (including phenoxy) is 1. The summed E-state index contributed by atoms with van der Waals surface area (Å²) in [6.07, 6.45) is -1.86. The van der Waals surface area contributed by atoms with Gasteiger partial charge in [0, 0.05) is 24.9 Å². The van der Waals surface area contributed by atoms with Gasteiger partial charge >= 0.3 is 12.3 Å². The van der Waals surface area contributed by atoms with Crippen molar-refractivity contribution in [1.82, 2.24) is 14.9 Å². The quantitative estimate of drug-likeness (QED) is 0.928. The third-order valence-electron chi connectivity index (χ3n) is 3.48. The van der Waals surface area contributed by atoms with E-state index in [-0.39, 0.29) is 25.8 Å². The number of hydrogen-bond acceptors (Lipinski definition) is 3. The van der Waals surface area contributed by atoms with Crippen LogP contribution >= 0.6 is 0 Å². The zero-order chi connectivity index (χ0) is 16.6. The summed E-state index contributed by atoms with van der Waals surface area (Å²) in [5.41, 5.74) is -1.98. The fourth-order valence-electron chi connectivity index (χ4n) is 2.28. The molecule has 1 heterocycles. The van der Waals surface area contributed by atoms with Crippen LogP contribution in [0.3, 0.4) is 0 Å². The van der Waals surface area contributed by atoms with Gasteiger partial charge in [0.05, 0.1) is 6.33 Å². The minimum absolute atomic E-state index is 0.0688. The van der Waals surface area contributed by atoms with E-state index in [1.54, 1.807) is 20.8 Å². The van der Waals surface area contributed by atoms with Crippen LogP contribution in [0.5, 0.6) is 0 Å². The second kappa shape index (κ2) is 5.48. The number of nitrogens with one attached hydrogen (secondary N) is 1. The van der Waals surface area contributed by atoms with Gasteiger partial charge in [0.25, 0.3) is 0 Å². The maximum Gasteiger partial charge on any atom is 0.411 e. The topological polar surface area (TPSA) is 56.1 Å². The zero-order valence-corrected chi connectivity index (χ0v) is 12.8. The van der Waals surface area contributed by atoms with E-state index in [4.69, 9.17) is 4.74 Å². The van der Waals surface area contributed by atoms with E-state index in [9.17, 15) is 18.0 Å². The number of nitrogens with zero attached hydrogens (tertiary/aromatic N) is 2. The Hall–Kier alpha value is -1.73. The predicted octanol–water partition coefficient (Wildman–Crippen LogP) is 3.00. The Labute approximate surface area is 126 Å². The highest BCUT2D eigenvalue weighted by Crippen LogP contribution is 2.55. The summed E-state index contributed by atoms with van der Waals surface area (Å²) < 4.78 is 45.7. The number of carbonyl (C=O) groups is 1. The van der Waals surface area contributed by atoms with Crippen molar-refractivity contribution in [2.24, 2.45) is 0 Å². The van der Waals surface area contributed by atoms with Crippen molar-refractivity contribution in [2.45, 2.75) is 57.3 Å². The van der Waals surface area contributed by atoms with Crippen molar-refractivity contribution in [1.29, 1.82) is 0 Å². The minimum atomic E-state index is -4.29. The fourth-order valence-corrected chi connectivity index (χ4v) is 2.28. The molecular formula is C14H20F3N3O2. The number of rotatable bonds is 4. The second-order valence-corrected chi connectivity index (χ2v) is 6.46. The lowest BCUT2D eigenvalue weighted by molar-refractivity contribution is -0.180. The summed E-state index contributed by atoms with van der Waals surface area (Å²) in [7, 11) is 0. The van der Waals surface area contributed by atoms with Crippen molar-refractivity contribution < 1.29 is 22.7 Å². The molecule has 1 aliphatic carbocycles. The predicted molar refractivity (Wildman–Crippen MR) is 73.4 cm³/mol. The molecule has 22 heavy (non-hydrogen) atoms. The van der Waals surface area contributed by atoms with E-state index in [1.807, 2.05) is 0 Å². The highest BCUT2D eigenvalue weighted by atomic mass is 19.4. The molecule has 124 valence electrons. The molecule has 1 saturated carbocycles. The molecule has 0 bridgehead atoms. The van der Waals surface area contributed by atoms with Crippen molar-refractivity contribution in [3.05, 3.63) is 18.2 Å². The highest BCUT2D eigenvalue weighted by molar-refractivity contribution is 5.67. The van der Waals surface area contributed by atoms with Gasteiger partial charge in [0.15, 0.2) is 0 Å². The van der Waals surface area contributed by atoms with Crippen LogP contribution in [0.2, 0.25) is 0 Å². The molecule has 1 fully saturated rings. The van der Waals surface area contributed by atoms with Gasteiger partial charge in [-0.2, -0.15) is 13.2 Å². The maximum absolute atomic E-state index is 13.1. The molecule has 0 spiro atoms. The van der Waals surface area contributed by atoms with Gasteiger partial charge in [0.2, 0.25) is 0 Å². The van der Waals surface area contributed by atoms with Gasteiger partial charge < -0.3 is 14.6 Å². The molecule has 1 aromatic heterocycles.